The largest absolute Gasteiger partial charge is 0.481 e. The third-order valence-corrected chi connectivity index (χ3v) is 4.53. The normalized spacial score (nSPS) is 22.0. The first-order valence-corrected chi connectivity index (χ1v) is 7.52. The molecule has 2 aromatic rings. The summed E-state index contributed by atoms with van der Waals surface area (Å²) < 4.78 is 10.6. The van der Waals surface area contributed by atoms with Crippen LogP contribution in [0.5, 0.6) is 0 Å². The van der Waals surface area contributed by atoms with Crippen molar-refractivity contribution >= 4 is 17.3 Å². The number of hydrogen-bond donors (Lipinski definition) is 1. The highest BCUT2D eigenvalue weighted by Gasteiger charge is 2.36. The minimum absolute atomic E-state index is 0.115. The number of hydrogen-bond acceptors (Lipinski definition) is 6. The fourth-order valence-electron chi connectivity index (χ4n) is 2.48. The predicted molar refractivity (Wildman–Crippen MR) is 77.0 cm³/mol. The van der Waals surface area contributed by atoms with Crippen LogP contribution in [-0.2, 0) is 16.1 Å². The third kappa shape index (κ3) is 2.99. The number of furan rings is 1. The zero-order valence-electron chi connectivity index (χ0n) is 11.6. The summed E-state index contributed by atoms with van der Waals surface area (Å²) in [7, 11) is 1.90. The van der Waals surface area contributed by atoms with E-state index in [2.05, 4.69) is 4.98 Å². The van der Waals surface area contributed by atoms with Gasteiger partial charge in [0.25, 0.3) is 0 Å². The number of likely N-dealkylation sites (N-methyl/N-ethyl adjacent to an activating group) is 1. The molecule has 0 aromatic carbocycles. The van der Waals surface area contributed by atoms with Gasteiger partial charge in [-0.15, -0.1) is 11.3 Å². The standard InChI is InChI=1S/C14H16N2O4S/c1-16(11-7-19-6-10(11)14(17)18)5-9-8-21-13(15-9)12-3-2-4-20-12/h2-4,8,10-11H,5-7H2,1H3,(H,17,18). The maximum absolute atomic E-state index is 11.2. The topological polar surface area (TPSA) is 75.8 Å². The van der Waals surface area contributed by atoms with Gasteiger partial charge in [-0.2, -0.15) is 0 Å². The van der Waals surface area contributed by atoms with E-state index in [1.54, 1.807) is 6.26 Å². The summed E-state index contributed by atoms with van der Waals surface area (Å²) in [4.78, 5) is 17.7. The smallest absolute Gasteiger partial charge is 0.310 e. The molecule has 0 spiro atoms. The molecule has 0 radical (unpaired) electrons. The molecule has 6 nitrogen and oxygen atoms in total. The Bertz CT molecular complexity index is 610. The van der Waals surface area contributed by atoms with Crippen LogP contribution >= 0.6 is 11.3 Å². The quantitative estimate of drug-likeness (QED) is 0.909. The van der Waals surface area contributed by atoms with E-state index >= 15 is 0 Å². The molecule has 1 aliphatic rings. The predicted octanol–water partition coefficient (Wildman–Crippen LogP) is 1.93. The molecule has 0 bridgehead atoms. The molecule has 3 rings (SSSR count). The highest BCUT2D eigenvalue weighted by molar-refractivity contribution is 7.13. The monoisotopic (exact) mass is 308 g/mol. The summed E-state index contributed by atoms with van der Waals surface area (Å²) in [5.41, 5.74) is 0.907. The molecule has 0 aliphatic carbocycles. The lowest BCUT2D eigenvalue weighted by molar-refractivity contribution is -0.143. The van der Waals surface area contributed by atoms with Gasteiger partial charge in [-0.3, -0.25) is 9.69 Å². The average Bonchev–Trinajstić information content (AvgIpc) is 3.19. The Morgan fingerprint density at radius 1 is 1.57 bits per heavy atom. The lowest BCUT2D eigenvalue weighted by atomic mass is 10.0. The second-order valence-electron chi connectivity index (χ2n) is 5.09. The van der Waals surface area contributed by atoms with E-state index in [0.717, 1.165) is 16.5 Å². The molecule has 7 heteroatoms. The first-order chi connectivity index (χ1) is 10.1. The van der Waals surface area contributed by atoms with Gasteiger partial charge >= 0.3 is 5.97 Å². The van der Waals surface area contributed by atoms with Crippen LogP contribution in [-0.4, -0.2) is 47.3 Å². The van der Waals surface area contributed by atoms with E-state index in [0.29, 0.717) is 13.2 Å². The second kappa shape index (κ2) is 5.97. The van der Waals surface area contributed by atoms with E-state index in [9.17, 15) is 9.90 Å². The zero-order chi connectivity index (χ0) is 14.8. The number of carboxylic acids is 1. The van der Waals surface area contributed by atoms with E-state index in [1.807, 2.05) is 29.5 Å². The number of aromatic nitrogens is 1. The highest BCUT2D eigenvalue weighted by Crippen LogP contribution is 2.26. The molecule has 1 fully saturated rings. The van der Waals surface area contributed by atoms with Gasteiger partial charge in [0.2, 0.25) is 0 Å². The van der Waals surface area contributed by atoms with Crippen molar-refractivity contribution in [1.29, 1.82) is 0 Å². The van der Waals surface area contributed by atoms with Crippen molar-refractivity contribution in [3.05, 3.63) is 29.5 Å². The zero-order valence-corrected chi connectivity index (χ0v) is 12.4. The molecule has 1 aliphatic heterocycles. The van der Waals surface area contributed by atoms with Crippen LogP contribution in [0.3, 0.4) is 0 Å². The Hall–Kier alpha value is -1.70. The molecule has 0 saturated carbocycles. The number of rotatable bonds is 5. The van der Waals surface area contributed by atoms with Crippen LogP contribution in [0.1, 0.15) is 5.69 Å². The summed E-state index contributed by atoms with van der Waals surface area (Å²) in [5.74, 6) is -0.529. The van der Waals surface area contributed by atoms with Crippen LogP contribution in [0, 0.1) is 5.92 Å². The van der Waals surface area contributed by atoms with Gasteiger partial charge in [-0.1, -0.05) is 0 Å². The van der Waals surface area contributed by atoms with Crippen LogP contribution in [0.2, 0.25) is 0 Å². The maximum atomic E-state index is 11.2. The van der Waals surface area contributed by atoms with Crippen molar-refractivity contribution < 1.29 is 19.1 Å². The van der Waals surface area contributed by atoms with E-state index in [4.69, 9.17) is 9.15 Å². The van der Waals surface area contributed by atoms with E-state index in [-0.39, 0.29) is 12.6 Å². The van der Waals surface area contributed by atoms with Crippen molar-refractivity contribution in [3.63, 3.8) is 0 Å². The highest BCUT2D eigenvalue weighted by atomic mass is 32.1. The van der Waals surface area contributed by atoms with Crippen LogP contribution in [0.15, 0.2) is 28.2 Å². The van der Waals surface area contributed by atoms with Gasteiger partial charge in [0, 0.05) is 18.0 Å². The molecule has 2 unspecified atom stereocenters. The molecule has 3 heterocycles. The van der Waals surface area contributed by atoms with Gasteiger partial charge in [0.15, 0.2) is 10.8 Å². The summed E-state index contributed by atoms with van der Waals surface area (Å²) in [5, 5.41) is 12.0. The molecule has 1 N–H and O–H groups in total. The van der Waals surface area contributed by atoms with Crippen molar-refractivity contribution in [1.82, 2.24) is 9.88 Å². The first-order valence-electron chi connectivity index (χ1n) is 6.64. The SMILES string of the molecule is CN(Cc1csc(-c2ccco2)n1)C1COCC1C(=O)O. The molecule has 0 amide bonds. The molecule has 112 valence electrons. The Morgan fingerprint density at radius 3 is 3.14 bits per heavy atom. The van der Waals surface area contributed by atoms with E-state index < -0.39 is 11.9 Å². The first kappa shape index (κ1) is 14.2. The number of thiazole rings is 1. The van der Waals surface area contributed by atoms with Gasteiger partial charge in [0.1, 0.15) is 0 Å². The van der Waals surface area contributed by atoms with Crippen molar-refractivity contribution in [2.45, 2.75) is 12.6 Å². The lowest BCUT2D eigenvalue weighted by Gasteiger charge is -2.25. The summed E-state index contributed by atoms with van der Waals surface area (Å²) in [6, 6.07) is 3.59. The van der Waals surface area contributed by atoms with Gasteiger partial charge in [-0.25, -0.2) is 4.98 Å². The molecule has 2 atom stereocenters. The Kier molecular flexibility index (Phi) is 4.05. The minimum Gasteiger partial charge on any atom is -0.481 e. The summed E-state index contributed by atoms with van der Waals surface area (Å²) in [6.07, 6.45) is 1.62. The van der Waals surface area contributed by atoms with Gasteiger partial charge in [0.05, 0.1) is 31.1 Å². The van der Waals surface area contributed by atoms with Crippen molar-refractivity contribution in [2.75, 3.05) is 20.3 Å². The van der Waals surface area contributed by atoms with Crippen molar-refractivity contribution in [3.8, 4) is 10.8 Å². The van der Waals surface area contributed by atoms with E-state index in [1.165, 1.54) is 11.3 Å². The summed E-state index contributed by atoms with van der Waals surface area (Å²) in [6.45, 7) is 1.32. The average molecular weight is 308 g/mol. The third-order valence-electron chi connectivity index (χ3n) is 3.63. The lowest BCUT2D eigenvalue weighted by Crippen LogP contribution is -2.40. The summed E-state index contributed by atoms with van der Waals surface area (Å²) >= 11 is 1.52. The fraction of sp³-hybridized carbons (Fsp3) is 0.429. The van der Waals surface area contributed by atoms with Crippen molar-refractivity contribution in [2.24, 2.45) is 5.92 Å². The maximum Gasteiger partial charge on any atom is 0.310 e. The number of carbonyl (C=O) groups is 1. The molecule has 21 heavy (non-hydrogen) atoms. The van der Waals surface area contributed by atoms with Crippen LogP contribution < -0.4 is 0 Å². The van der Waals surface area contributed by atoms with Gasteiger partial charge < -0.3 is 14.3 Å². The number of ether oxygens (including phenoxy) is 1. The Morgan fingerprint density at radius 2 is 2.43 bits per heavy atom. The molecular formula is C14H16N2O4S. The molecule has 2 aromatic heterocycles. The Balaban J connectivity index is 1.67. The second-order valence-corrected chi connectivity index (χ2v) is 5.94. The van der Waals surface area contributed by atoms with Gasteiger partial charge in [-0.05, 0) is 19.2 Å². The van der Waals surface area contributed by atoms with Crippen LogP contribution in [0.4, 0.5) is 0 Å². The molecular weight excluding hydrogens is 292 g/mol. The number of carboxylic acid groups (broad SMARTS) is 1. The van der Waals surface area contributed by atoms with Crippen LogP contribution in [0.25, 0.3) is 10.8 Å². The number of nitrogens with zero attached hydrogens (tertiary/aromatic N) is 2. The number of aliphatic carboxylic acids is 1. The minimum atomic E-state index is -0.807. The fourth-order valence-corrected chi connectivity index (χ4v) is 3.26. The Labute approximate surface area is 126 Å². The molecule has 1 saturated heterocycles.